The van der Waals surface area contributed by atoms with E-state index in [4.69, 9.17) is 23.2 Å². The second kappa shape index (κ2) is 3.51. The molecule has 3 nitrogen and oxygen atoms in total. The van der Waals surface area contributed by atoms with Crippen LogP contribution in [0, 0.1) is 5.41 Å². The molecule has 15 heavy (non-hydrogen) atoms. The Bertz CT molecular complexity index is 286. The maximum absolute atomic E-state index is 12.0. The van der Waals surface area contributed by atoms with Crippen LogP contribution in [0.3, 0.4) is 0 Å². The van der Waals surface area contributed by atoms with Crippen LogP contribution in [0.15, 0.2) is 0 Å². The highest BCUT2D eigenvalue weighted by Gasteiger charge is 2.68. The van der Waals surface area contributed by atoms with Crippen molar-refractivity contribution in [3.05, 3.63) is 0 Å². The zero-order valence-corrected chi connectivity index (χ0v) is 11.0. The predicted octanol–water partition coefficient (Wildman–Crippen LogP) is 1.80. The van der Waals surface area contributed by atoms with Crippen LogP contribution < -0.4 is 0 Å². The third kappa shape index (κ3) is 2.58. The zero-order valence-electron chi connectivity index (χ0n) is 9.47. The van der Waals surface area contributed by atoms with Gasteiger partial charge in [0.15, 0.2) is 0 Å². The summed E-state index contributed by atoms with van der Waals surface area (Å²) in [5.74, 6) is -0.116. The molecule has 1 N–H and O–H groups in total. The van der Waals surface area contributed by atoms with E-state index in [9.17, 15) is 9.90 Å². The molecule has 1 amide bonds. The Morgan fingerprint density at radius 3 is 2.20 bits per heavy atom. The van der Waals surface area contributed by atoms with Gasteiger partial charge in [-0.2, -0.15) is 0 Å². The van der Waals surface area contributed by atoms with E-state index in [1.165, 1.54) is 4.90 Å². The van der Waals surface area contributed by atoms with Crippen molar-refractivity contribution < 1.29 is 9.90 Å². The monoisotopic (exact) mass is 253 g/mol. The summed E-state index contributed by atoms with van der Waals surface area (Å²) in [6, 6.07) is 0. The predicted molar refractivity (Wildman–Crippen MR) is 61.1 cm³/mol. The van der Waals surface area contributed by atoms with Crippen molar-refractivity contribution in [1.82, 2.24) is 4.90 Å². The molecule has 1 fully saturated rings. The Morgan fingerprint density at radius 2 is 1.93 bits per heavy atom. The van der Waals surface area contributed by atoms with Gasteiger partial charge in [-0.05, 0) is 27.2 Å². The van der Waals surface area contributed by atoms with Crippen LogP contribution in [0.1, 0.15) is 27.2 Å². The van der Waals surface area contributed by atoms with Crippen LogP contribution in [0.5, 0.6) is 0 Å². The molecule has 0 aromatic rings. The molecule has 1 aliphatic carbocycles. The SMILES string of the molecule is CN(CC(C)(C)O)C(=O)C1(C)CC1(Cl)Cl. The summed E-state index contributed by atoms with van der Waals surface area (Å²) in [4.78, 5) is 13.4. The molecule has 1 atom stereocenters. The average molecular weight is 254 g/mol. The normalized spacial score (nSPS) is 28.7. The topological polar surface area (TPSA) is 40.5 Å². The second-order valence-corrected chi connectivity index (χ2v) is 6.67. The number of carbonyl (C=O) groups excluding carboxylic acids is 1. The van der Waals surface area contributed by atoms with E-state index in [0.717, 1.165) is 0 Å². The Morgan fingerprint density at radius 1 is 1.53 bits per heavy atom. The number of likely N-dealkylation sites (N-methyl/N-ethyl adjacent to an activating group) is 1. The van der Waals surface area contributed by atoms with Crippen LogP contribution in [-0.4, -0.2) is 39.4 Å². The highest BCUT2D eigenvalue weighted by molar-refractivity contribution is 6.53. The maximum atomic E-state index is 12.0. The number of hydrogen-bond donors (Lipinski definition) is 1. The molecule has 88 valence electrons. The van der Waals surface area contributed by atoms with Crippen molar-refractivity contribution in [3.8, 4) is 0 Å². The minimum absolute atomic E-state index is 0.116. The molecule has 0 aromatic carbocycles. The molecule has 1 unspecified atom stereocenters. The number of carbonyl (C=O) groups is 1. The standard InChI is InChI=1S/C10H17Cl2NO2/c1-8(2,15)6-13(4)7(14)9(3)5-10(9,11)12/h15H,5-6H2,1-4H3. The van der Waals surface area contributed by atoms with Gasteiger partial charge in [-0.3, -0.25) is 4.79 Å². The number of hydrogen-bond acceptors (Lipinski definition) is 2. The van der Waals surface area contributed by atoms with Gasteiger partial charge < -0.3 is 10.0 Å². The summed E-state index contributed by atoms with van der Waals surface area (Å²) in [7, 11) is 1.65. The van der Waals surface area contributed by atoms with Gasteiger partial charge in [0.05, 0.1) is 11.0 Å². The lowest BCUT2D eigenvalue weighted by molar-refractivity contribution is -0.137. The minimum atomic E-state index is -0.946. The van der Waals surface area contributed by atoms with Crippen molar-refractivity contribution in [3.63, 3.8) is 0 Å². The molecule has 0 saturated heterocycles. The van der Waals surface area contributed by atoms with Gasteiger partial charge in [0.1, 0.15) is 4.33 Å². The maximum Gasteiger partial charge on any atom is 0.231 e. The van der Waals surface area contributed by atoms with Crippen LogP contribution in [0.4, 0.5) is 0 Å². The van der Waals surface area contributed by atoms with E-state index < -0.39 is 15.3 Å². The summed E-state index contributed by atoms with van der Waals surface area (Å²) in [5, 5.41) is 9.59. The van der Waals surface area contributed by atoms with Crippen molar-refractivity contribution in [2.24, 2.45) is 5.41 Å². The molecule has 1 aliphatic rings. The lowest BCUT2D eigenvalue weighted by Crippen LogP contribution is -2.43. The number of rotatable bonds is 3. The summed E-state index contributed by atoms with van der Waals surface area (Å²) in [5.41, 5.74) is -1.60. The fourth-order valence-corrected chi connectivity index (χ4v) is 2.40. The Balaban J connectivity index is 2.64. The van der Waals surface area contributed by atoms with E-state index in [2.05, 4.69) is 0 Å². The van der Waals surface area contributed by atoms with Crippen molar-refractivity contribution in [2.45, 2.75) is 37.1 Å². The average Bonchev–Trinajstić information content (AvgIpc) is 2.47. The van der Waals surface area contributed by atoms with Gasteiger partial charge in [-0.1, -0.05) is 0 Å². The fourth-order valence-electron chi connectivity index (χ4n) is 1.71. The summed E-state index contributed by atoms with van der Waals surface area (Å²) in [6.07, 6.45) is 0.470. The van der Waals surface area contributed by atoms with Crippen LogP contribution in [0.25, 0.3) is 0 Å². The second-order valence-electron chi connectivity index (χ2n) is 5.19. The van der Waals surface area contributed by atoms with Gasteiger partial charge >= 0.3 is 0 Å². The van der Waals surface area contributed by atoms with Crippen LogP contribution in [-0.2, 0) is 4.79 Å². The van der Waals surface area contributed by atoms with Gasteiger partial charge in [0.25, 0.3) is 0 Å². The van der Waals surface area contributed by atoms with E-state index >= 15 is 0 Å². The fraction of sp³-hybridized carbons (Fsp3) is 0.900. The molecular weight excluding hydrogens is 237 g/mol. The smallest absolute Gasteiger partial charge is 0.231 e. The van der Waals surface area contributed by atoms with E-state index in [1.807, 2.05) is 0 Å². The van der Waals surface area contributed by atoms with Gasteiger partial charge in [0.2, 0.25) is 5.91 Å². The van der Waals surface area contributed by atoms with E-state index in [1.54, 1.807) is 27.8 Å². The van der Waals surface area contributed by atoms with Crippen molar-refractivity contribution in [2.75, 3.05) is 13.6 Å². The van der Waals surface area contributed by atoms with E-state index in [-0.39, 0.29) is 12.5 Å². The molecule has 0 aliphatic heterocycles. The third-order valence-corrected chi connectivity index (χ3v) is 3.80. The Labute approximate surface area is 100 Å². The number of alkyl halides is 2. The molecule has 1 saturated carbocycles. The van der Waals surface area contributed by atoms with Crippen LogP contribution >= 0.6 is 23.2 Å². The highest BCUT2D eigenvalue weighted by atomic mass is 35.5. The lowest BCUT2D eigenvalue weighted by Gasteiger charge is -2.28. The number of aliphatic hydroxyl groups is 1. The molecule has 0 aromatic heterocycles. The first-order chi connectivity index (χ1) is 6.50. The Kier molecular flexibility index (Phi) is 3.06. The Hall–Kier alpha value is 0.01000. The number of nitrogens with zero attached hydrogens (tertiary/aromatic N) is 1. The summed E-state index contributed by atoms with van der Waals surface area (Å²) < 4.78 is -0.946. The van der Waals surface area contributed by atoms with Gasteiger partial charge in [-0.25, -0.2) is 0 Å². The largest absolute Gasteiger partial charge is 0.389 e. The quantitative estimate of drug-likeness (QED) is 0.780. The summed E-state index contributed by atoms with van der Waals surface area (Å²) in [6.45, 7) is 5.32. The summed E-state index contributed by atoms with van der Waals surface area (Å²) >= 11 is 11.8. The first kappa shape index (κ1) is 13.1. The van der Waals surface area contributed by atoms with Crippen molar-refractivity contribution >= 4 is 29.1 Å². The minimum Gasteiger partial charge on any atom is -0.389 e. The molecule has 0 spiro atoms. The third-order valence-electron chi connectivity index (χ3n) is 2.70. The van der Waals surface area contributed by atoms with Crippen LogP contribution in [0.2, 0.25) is 0 Å². The molecular formula is C10H17Cl2NO2. The first-order valence-electron chi connectivity index (χ1n) is 4.85. The molecule has 0 heterocycles. The molecule has 1 rings (SSSR count). The highest BCUT2D eigenvalue weighted by Crippen LogP contribution is 2.64. The zero-order chi connectivity index (χ0) is 12.1. The van der Waals surface area contributed by atoms with Gasteiger partial charge in [0, 0.05) is 13.6 Å². The number of amides is 1. The lowest BCUT2D eigenvalue weighted by atomic mass is 10.1. The number of halogens is 2. The molecule has 0 bridgehead atoms. The van der Waals surface area contributed by atoms with E-state index in [0.29, 0.717) is 6.42 Å². The first-order valence-corrected chi connectivity index (χ1v) is 5.61. The van der Waals surface area contributed by atoms with Crippen molar-refractivity contribution in [1.29, 1.82) is 0 Å². The van der Waals surface area contributed by atoms with Gasteiger partial charge in [-0.15, -0.1) is 23.2 Å². The molecule has 5 heteroatoms. The molecule has 0 radical (unpaired) electrons.